The fourth-order valence-electron chi connectivity index (χ4n) is 1.96. The summed E-state index contributed by atoms with van der Waals surface area (Å²) in [6.45, 7) is 0. The number of hydrazone groups is 1. The zero-order valence-electron chi connectivity index (χ0n) is 12.2. The lowest BCUT2D eigenvalue weighted by Gasteiger charge is -2.05. The van der Waals surface area contributed by atoms with Gasteiger partial charge in [0, 0.05) is 25.5 Å². The van der Waals surface area contributed by atoms with Crippen LogP contribution in [0.15, 0.2) is 56.4 Å². The van der Waals surface area contributed by atoms with E-state index in [1.807, 2.05) is 43.3 Å². The molecule has 3 aromatic rings. The molecule has 0 radical (unpaired) electrons. The van der Waals surface area contributed by atoms with Gasteiger partial charge in [-0.15, -0.1) is 0 Å². The Balaban J connectivity index is 1.67. The van der Waals surface area contributed by atoms with Crippen LogP contribution in [0.2, 0.25) is 0 Å². The number of hydrogen-bond donors (Lipinski definition) is 1. The molecule has 0 aliphatic rings. The molecule has 112 valence electrons. The van der Waals surface area contributed by atoms with Crippen LogP contribution in [-0.4, -0.2) is 26.2 Å². The monoisotopic (exact) mass is 297 g/mol. The average Bonchev–Trinajstić information content (AvgIpc) is 3.13. The summed E-state index contributed by atoms with van der Waals surface area (Å²) in [7, 11) is 3.76. The third kappa shape index (κ3) is 2.85. The van der Waals surface area contributed by atoms with Crippen molar-refractivity contribution in [3.05, 3.63) is 54.0 Å². The van der Waals surface area contributed by atoms with Crippen molar-refractivity contribution >= 4 is 29.0 Å². The maximum Gasteiger partial charge on any atom is 0.307 e. The van der Waals surface area contributed by atoms with Crippen LogP contribution in [0.5, 0.6) is 0 Å². The first-order valence-corrected chi connectivity index (χ1v) is 6.72. The van der Waals surface area contributed by atoms with Crippen molar-refractivity contribution in [3.63, 3.8) is 0 Å². The van der Waals surface area contributed by atoms with Crippen molar-refractivity contribution < 1.29 is 13.6 Å². The summed E-state index contributed by atoms with van der Waals surface area (Å²) in [5.74, 6) is 1.07. The molecule has 2 aromatic heterocycles. The lowest BCUT2D eigenvalue weighted by atomic mass is 10.2. The molecule has 0 saturated carbocycles. The van der Waals surface area contributed by atoms with E-state index in [9.17, 15) is 4.79 Å². The van der Waals surface area contributed by atoms with Gasteiger partial charge in [0.25, 0.3) is 0 Å². The minimum atomic E-state index is -0.410. The second kappa shape index (κ2) is 5.77. The smallest absolute Gasteiger partial charge is 0.307 e. The second-order valence-electron chi connectivity index (χ2n) is 4.92. The summed E-state index contributed by atoms with van der Waals surface area (Å²) >= 11 is 0. The number of hydrogen-bond acceptors (Lipinski definition) is 5. The van der Waals surface area contributed by atoms with Gasteiger partial charge < -0.3 is 13.7 Å². The van der Waals surface area contributed by atoms with Crippen LogP contribution in [0.1, 0.15) is 16.3 Å². The Morgan fingerprint density at radius 1 is 1.18 bits per heavy atom. The van der Waals surface area contributed by atoms with Gasteiger partial charge in [0.15, 0.2) is 11.6 Å². The Bertz CT molecular complexity index is 797. The third-order valence-corrected chi connectivity index (χ3v) is 3.06. The van der Waals surface area contributed by atoms with Crippen molar-refractivity contribution in [3.8, 4) is 0 Å². The maximum absolute atomic E-state index is 12.0. The highest BCUT2D eigenvalue weighted by molar-refractivity contribution is 5.96. The number of amides is 1. The molecule has 0 spiro atoms. The van der Waals surface area contributed by atoms with Gasteiger partial charge in [-0.1, -0.05) is 18.2 Å². The highest BCUT2D eigenvalue weighted by atomic mass is 16.4. The topological polar surface area (TPSA) is 71.0 Å². The van der Waals surface area contributed by atoms with E-state index < -0.39 is 5.91 Å². The third-order valence-electron chi connectivity index (χ3n) is 3.06. The summed E-state index contributed by atoms with van der Waals surface area (Å²) in [4.78, 5) is 13.8. The number of para-hydroxylation sites is 1. The van der Waals surface area contributed by atoms with Crippen LogP contribution in [-0.2, 0) is 0 Å². The molecular weight excluding hydrogens is 282 g/mol. The number of nitrogens with one attached hydrogen (secondary N) is 1. The SMILES string of the molecule is CN(C)c1ccc(/C=N/NC(=O)c2cc3ccccc3o2)o1. The number of nitrogens with zero attached hydrogens (tertiary/aromatic N) is 2. The normalized spacial score (nSPS) is 11.2. The molecule has 0 fully saturated rings. The largest absolute Gasteiger partial charge is 0.451 e. The van der Waals surface area contributed by atoms with Crippen LogP contribution < -0.4 is 10.3 Å². The van der Waals surface area contributed by atoms with Gasteiger partial charge >= 0.3 is 5.91 Å². The Labute approximate surface area is 127 Å². The lowest BCUT2D eigenvalue weighted by Crippen LogP contribution is -2.16. The molecule has 0 aliphatic heterocycles. The maximum atomic E-state index is 12.0. The molecular formula is C16H15N3O3. The summed E-state index contributed by atoms with van der Waals surface area (Å²) < 4.78 is 10.9. The van der Waals surface area contributed by atoms with Crippen molar-refractivity contribution in [1.29, 1.82) is 0 Å². The van der Waals surface area contributed by atoms with Gasteiger partial charge in [-0.05, 0) is 18.2 Å². The molecule has 0 bridgehead atoms. The quantitative estimate of drug-likeness (QED) is 0.594. The molecule has 1 aromatic carbocycles. The Morgan fingerprint density at radius 2 is 2.00 bits per heavy atom. The van der Waals surface area contributed by atoms with Crippen molar-refractivity contribution in [2.45, 2.75) is 0 Å². The molecule has 0 aliphatic carbocycles. The van der Waals surface area contributed by atoms with Gasteiger partial charge in [-0.2, -0.15) is 5.10 Å². The van der Waals surface area contributed by atoms with Crippen molar-refractivity contribution in [2.24, 2.45) is 5.10 Å². The first kappa shape index (κ1) is 13.9. The first-order valence-electron chi connectivity index (χ1n) is 6.72. The Morgan fingerprint density at radius 3 is 2.73 bits per heavy atom. The van der Waals surface area contributed by atoms with Crippen LogP contribution in [0, 0.1) is 0 Å². The van der Waals surface area contributed by atoms with E-state index in [0.29, 0.717) is 17.2 Å². The van der Waals surface area contributed by atoms with Crippen LogP contribution in [0.4, 0.5) is 5.88 Å². The summed E-state index contributed by atoms with van der Waals surface area (Å²) in [6, 6.07) is 12.7. The number of rotatable bonds is 4. The molecule has 6 nitrogen and oxygen atoms in total. The van der Waals surface area contributed by atoms with E-state index in [-0.39, 0.29) is 5.76 Å². The molecule has 0 saturated heterocycles. The van der Waals surface area contributed by atoms with E-state index in [2.05, 4.69) is 10.5 Å². The number of fused-ring (bicyclic) bond motifs is 1. The first-order chi connectivity index (χ1) is 10.6. The van der Waals surface area contributed by atoms with Crippen LogP contribution in [0.25, 0.3) is 11.0 Å². The molecule has 1 amide bonds. The zero-order valence-corrected chi connectivity index (χ0v) is 12.2. The number of benzene rings is 1. The van der Waals surface area contributed by atoms with Crippen molar-refractivity contribution in [2.75, 3.05) is 19.0 Å². The van der Waals surface area contributed by atoms with Crippen LogP contribution in [0.3, 0.4) is 0 Å². The summed E-state index contributed by atoms with van der Waals surface area (Å²) in [5, 5.41) is 4.74. The highest BCUT2D eigenvalue weighted by Crippen LogP contribution is 2.18. The predicted molar refractivity (Wildman–Crippen MR) is 84.3 cm³/mol. The molecule has 0 atom stereocenters. The Hall–Kier alpha value is -3.02. The summed E-state index contributed by atoms with van der Waals surface area (Å²) in [6.07, 6.45) is 1.44. The van der Waals surface area contributed by atoms with E-state index in [0.717, 1.165) is 5.39 Å². The summed E-state index contributed by atoms with van der Waals surface area (Å²) in [5.41, 5.74) is 3.08. The minimum Gasteiger partial charge on any atom is -0.451 e. The van der Waals surface area contributed by atoms with Gasteiger partial charge in [0.05, 0.1) is 6.21 Å². The number of anilines is 1. The number of carbonyl (C=O) groups excluding carboxylic acids is 1. The number of carbonyl (C=O) groups is 1. The van der Waals surface area contributed by atoms with E-state index in [1.165, 1.54) is 6.21 Å². The minimum absolute atomic E-state index is 0.215. The zero-order chi connectivity index (χ0) is 15.5. The van der Waals surface area contributed by atoms with Gasteiger partial charge in [-0.3, -0.25) is 4.79 Å². The molecule has 22 heavy (non-hydrogen) atoms. The molecule has 1 N–H and O–H groups in total. The van der Waals surface area contributed by atoms with E-state index in [4.69, 9.17) is 8.83 Å². The molecule has 0 unspecified atom stereocenters. The fourth-order valence-corrected chi connectivity index (χ4v) is 1.96. The highest BCUT2D eigenvalue weighted by Gasteiger charge is 2.11. The van der Waals surface area contributed by atoms with Crippen LogP contribution >= 0.6 is 0 Å². The Kier molecular flexibility index (Phi) is 3.65. The average molecular weight is 297 g/mol. The van der Waals surface area contributed by atoms with Gasteiger partial charge in [0.1, 0.15) is 11.3 Å². The standard InChI is InChI=1S/C16H15N3O3/c1-19(2)15-8-7-12(21-15)10-17-18-16(20)14-9-11-5-3-4-6-13(11)22-14/h3-10H,1-2H3,(H,18,20)/b17-10+. The van der Waals surface area contributed by atoms with E-state index in [1.54, 1.807) is 18.2 Å². The van der Waals surface area contributed by atoms with Crippen molar-refractivity contribution in [1.82, 2.24) is 5.43 Å². The number of furan rings is 2. The molecule has 3 rings (SSSR count). The molecule has 6 heteroatoms. The predicted octanol–water partition coefficient (Wildman–Crippen LogP) is 2.86. The van der Waals surface area contributed by atoms with Gasteiger partial charge in [0.2, 0.25) is 0 Å². The van der Waals surface area contributed by atoms with Gasteiger partial charge in [-0.25, -0.2) is 5.43 Å². The lowest BCUT2D eigenvalue weighted by molar-refractivity contribution is 0.0929. The second-order valence-corrected chi connectivity index (χ2v) is 4.92. The van der Waals surface area contributed by atoms with E-state index >= 15 is 0 Å². The molecule has 2 heterocycles. The fraction of sp³-hybridized carbons (Fsp3) is 0.125.